The number of piperazine rings is 1. The van der Waals surface area contributed by atoms with E-state index in [9.17, 15) is 0 Å². The van der Waals surface area contributed by atoms with Gasteiger partial charge in [-0.05, 0) is 18.2 Å². The van der Waals surface area contributed by atoms with Crippen LogP contribution in [0.1, 0.15) is 5.56 Å². The van der Waals surface area contributed by atoms with Crippen LogP contribution in [0.2, 0.25) is 0 Å². The monoisotopic (exact) mass is 309 g/mol. The molecule has 0 saturated carbocycles. The molecule has 4 heteroatoms. The Hall–Kier alpha value is -2.33. The van der Waals surface area contributed by atoms with E-state index < -0.39 is 0 Å². The van der Waals surface area contributed by atoms with Gasteiger partial charge in [-0.25, -0.2) is 4.98 Å². The summed E-state index contributed by atoms with van der Waals surface area (Å²) >= 11 is 0. The molecule has 4 nitrogen and oxygen atoms in total. The maximum Gasteiger partial charge on any atom is 0.128 e. The van der Waals surface area contributed by atoms with Gasteiger partial charge in [0.25, 0.3) is 0 Å². The fourth-order valence-corrected chi connectivity index (χ4v) is 2.83. The van der Waals surface area contributed by atoms with Crippen LogP contribution in [0.3, 0.4) is 0 Å². The molecule has 1 aliphatic heterocycles. The second-order valence-corrected chi connectivity index (χ2v) is 5.62. The summed E-state index contributed by atoms with van der Waals surface area (Å²) in [6.45, 7) is 5.15. The minimum atomic E-state index is 0.920. The highest BCUT2D eigenvalue weighted by Crippen LogP contribution is 2.18. The lowest BCUT2D eigenvalue weighted by molar-refractivity contribution is 0.283. The Balaban J connectivity index is 1.50. The molecule has 1 aliphatic rings. The van der Waals surface area contributed by atoms with Crippen LogP contribution in [0.4, 0.5) is 5.82 Å². The van der Waals surface area contributed by atoms with Gasteiger partial charge in [0.15, 0.2) is 0 Å². The number of rotatable bonds is 5. The zero-order valence-electron chi connectivity index (χ0n) is 13.6. The molecule has 0 unspecified atom stereocenters. The lowest BCUT2D eigenvalue weighted by atomic mass is 10.2. The van der Waals surface area contributed by atoms with Gasteiger partial charge in [-0.3, -0.25) is 4.90 Å². The fraction of sp³-hybridized carbons (Fsp3) is 0.316. The van der Waals surface area contributed by atoms with E-state index in [1.165, 1.54) is 0 Å². The number of para-hydroxylation sites is 1. The molecule has 0 atom stereocenters. The second-order valence-electron chi connectivity index (χ2n) is 5.62. The average molecular weight is 309 g/mol. The average Bonchev–Trinajstić information content (AvgIpc) is 2.63. The number of hydrogen-bond acceptors (Lipinski definition) is 4. The first-order valence-corrected chi connectivity index (χ1v) is 8.05. The third-order valence-electron chi connectivity index (χ3n) is 4.15. The smallest absolute Gasteiger partial charge is 0.128 e. The van der Waals surface area contributed by atoms with Gasteiger partial charge in [-0.1, -0.05) is 36.4 Å². The van der Waals surface area contributed by atoms with Crippen LogP contribution < -0.4 is 9.64 Å². The van der Waals surface area contributed by atoms with Gasteiger partial charge >= 0.3 is 0 Å². The fourth-order valence-electron chi connectivity index (χ4n) is 2.83. The minimum absolute atomic E-state index is 0.920. The molecule has 120 valence electrons. The lowest BCUT2D eigenvalue weighted by Gasteiger charge is -2.34. The summed E-state index contributed by atoms with van der Waals surface area (Å²) in [4.78, 5) is 9.24. The van der Waals surface area contributed by atoms with E-state index in [1.54, 1.807) is 7.11 Å². The topological polar surface area (TPSA) is 28.6 Å². The van der Waals surface area contributed by atoms with Crippen molar-refractivity contribution in [2.24, 2.45) is 0 Å². The zero-order valence-corrected chi connectivity index (χ0v) is 13.6. The van der Waals surface area contributed by atoms with Crippen LogP contribution in [0, 0.1) is 0 Å². The van der Waals surface area contributed by atoms with Crippen LogP contribution in [0.5, 0.6) is 5.75 Å². The van der Waals surface area contributed by atoms with E-state index in [1.807, 2.05) is 36.5 Å². The number of anilines is 1. The first kappa shape index (κ1) is 15.6. The molecule has 1 saturated heterocycles. The van der Waals surface area contributed by atoms with Gasteiger partial charge in [-0.15, -0.1) is 0 Å². The molecular weight excluding hydrogens is 286 g/mol. The number of nitrogens with zero attached hydrogens (tertiary/aromatic N) is 3. The summed E-state index contributed by atoms with van der Waals surface area (Å²) < 4.78 is 5.37. The predicted molar refractivity (Wildman–Crippen MR) is 94.9 cm³/mol. The highest BCUT2D eigenvalue weighted by Gasteiger charge is 2.16. The van der Waals surface area contributed by atoms with Crippen molar-refractivity contribution in [2.45, 2.75) is 0 Å². The minimum Gasteiger partial charge on any atom is -0.496 e. The lowest BCUT2D eigenvalue weighted by Crippen LogP contribution is -2.46. The highest BCUT2D eigenvalue weighted by atomic mass is 16.5. The van der Waals surface area contributed by atoms with Crippen molar-refractivity contribution in [3.63, 3.8) is 0 Å². The summed E-state index contributed by atoms with van der Waals surface area (Å²) in [5.74, 6) is 2.00. The molecule has 3 rings (SSSR count). The Morgan fingerprint density at radius 3 is 2.57 bits per heavy atom. The SMILES string of the molecule is COc1ccccc1/C=C\CN1CCN(c2ccccn2)CC1. The highest BCUT2D eigenvalue weighted by molar-refractivity contribution is 5.57. The van der Waals surface area contributed by atoms with Crippen LogP contribution in [-0.4, -0.2) is 49.7 Å². The second kappa shape index (κ2) is 7.79. The molecule has 0 aliphatic carbocycles. The molecule has 1 fully saturated rings. The van der Waals surface area contributed by atoms with Crippen molar-refractivity contribution in [1.82, 2.24) is 9.88 Å². The van der Waals surface area contributed by atoms with Gasteiger partial charge in [-0.2, -0.15) is 0 Å². The summed E-state index contributed by atoms with van der Waals surface area (Å²) in [6.07, 6.45) is 6.22. The van der Waals surface area contributed by atoms with Crippen molar-refractivity contribution in [1.29, 1.82) is 0 Å². The molecular formula is C19H23N3O. The quantitative estimate of drug-likeness (QED) is 0.849. The number of benzene rings is 1. The summed E-state index contributed by atoms with van der Waals surface area (Å²) in [5, 5.41) is 0. The number of methoxy groups -OCH3 is 1. The molecule has 2 heterocycles. The number of hydrogen-bond donors (Lipinski definition) is 0. The number of pyridine rings is 1. The van der Waals surface area contributed by atoms with Crippen molar-refractivity contribution in [2.75, 3.05) is 44.7 Å². The summed E-state index contributed by atoms with van der Waals surface area (Å²) in [7, 11) is 1.71. The number of aromatic nitrogens is 1. The number of ether oxygens (including phenoxy) is 1. The van der Waals surface area contributed by atoms with Gasteiger partial charge in [0.2, 0.25) is 0 Å². The van der Waals surface area contributed by atoms with E-state index in [2.05, 4.69) is 39.1 Å². The Morgan fingerprint density at radius 1 is 1.04 bits per heavy atom. The van der Waals surface area contributed by atoms with E-state index in [0.29, 0.717) is 0 Å². The molecule has 1 aromatic carbocycles. The van der Waals surface area contributed by atoms with Crippen molar-refractivity contribution >= 4 is 11.9 Å². The molecule has 0 spiro atoms. The van der Waals surface area contributed by atoms with E-state index >= 15 is 0 Å². The Morgan fingerprint density at radius 2 is 1.83 bits per heavy atom. The molecule has 2 aromatic rings. The maximum absolute atomic E-state index is 5.37. The third kappa shape index (κ3) is 4.11. The van der Waals surface area contributed by atoms with E-state index in [0.717, 1.165) is 49.9 Å². The van der Waals surface area contributed by atoms with Crippen molar-refractivity contribution < 1.29 is 4.74 Å². The standard InChI is InChI=1S/C19H23N3O/c1-23-18-9-3-2-7-17(18)8-6-12-21-13-15-22(16-14-21)19-10-4-5-11-20-19/h2-11H,12-16H2,1H3/b8-6-. The largest absolute Gasteiger partial charge is 0.496 e. The Labute approximate surface area is 138 Å². The summed E-state index contributed by atoms with van der Waals surface area (Å²) in [5.41, 5.74) is 1.13. The molecule has 1 aromatic heterocycles. The Kier molecular flexibility index (Phi) is 5.27. The zero-order chi connectivity index (χ0) is 15.9. The Bertz CT molecular complexity index is 634. The first-order chi connectivity index (χ1) is 11.4. The van der Waals surface area contributed by atoms with Crippen LogP contribution in [0.15, 0.2) is 54.7 Å². The van der Waals surface area contributed by atoms with Gasteiger partial charge in [0.1, 0.15) is 11.6 Å². The van der Waals surface area contributed by atoms with Gasteiger partial charge < -0.3 is 9.64 Å². The molecule has 0 amide bonds. The first-order valence-electron chi connectivity index (χ1n) is 8.05. The molecule has 23 heavy (non-hydrogen) atoms. The van der Waals surface area contributed by atoms with E-state index in [4.69, 9.17) is 4.74 Å². The predicted octanol–water partition coefficient (Wildman–Crippen LogP) is 2.93. The van der Waals surface area contributed by atoms with Crippen molar-refractivity contribution in [3.8, 4) is 5.75 Å². The van der Waals surface area contributed by atoms with Gasteiger partial charge in [0, 0.05) is 44.5 Å². The maximum atomic E-state index is 5.37. The van der Waals surface area contributed by atoms with Crippen molar-refractivity contribution in [3.05, 3.63) is 60.3 Å². The molecule has 0 bridgehead atoms. The summed E-state index contributed by atoms with van der Waals surface area (Å²) in [6, 6.07) is 14.2. The molecule has 0 N–H and O–H groups in total. The van der Waals surface area contributed by atoms with E-state index in [-0.39, 0.29) is 0 Å². The normalized spacial score (nSPS) is 16.0. The van der Waals surface area contributed by atoms with Crippen LogP contribution in [0.25, 0.3) is 6.08 Å². The third-order valence-corrected chi connectivity index (χ3v) is 4.15. The van der Waals surface area contributed by atoms with Crippen LogP contribution >= 0.6 is 0 Å². The molecule has 0 radical (unpaired) electrons. The van der Waals surface area contributed by atoms with Crippen LogP contribution in [-0.2, 0) is 0 Å². The van der Waals surface area contributed by atoms with Gasteiger partial charge in [0.05, 0.1) is 7.11 Å².